The molecule has 0 unspecified atom stereocenters. The van der Waals surface area contributed by atoms with Crippen molar-refractivity contribution in [3.8, 4) is 12.3 Å². The molecule has 0 amide bonds. The maximum atomic E-state index is 12.9. The highest BCUT2D eigenvalue weighted by atomic mass is 32.2. The summed E-state index contributed by atoms with van der Waals surface area (Å²) < 4.78 is 30.0. The Hall–Kier alpha value is -0.760. The summed E-state index contributed by atoms with van der Waals surface area (Å²) in [4.78, 5) is 3.36. The average molecular weight is 191 g/mol. The van der Waals surface area contributed by atoms with Gasteiger partial charge in [-0.05, 0) is 6.92 Å². The lowest BCUT2D eigenvalue weighted by atomic mass is 10.3. The van der Waals surface area contributed by atoms with Gasteiger partial charge in [0, 0.05) is 0 Å². The van der Waals surface area contributed by atoms with Crippen molar-refractivity contribution in [1.82, 2.24) is 0 Å². The van der Waals surface area contributed by atoms with Crippen LogP contribution in [0.5, 0.6) is 0 Å². The standard InChI is InChI=1S/C7H7F2NOS/c1-3-4-12-6-10-7(2,9)5(8)11-6/h1,5H,4H2,2H3/t5-,7-/m1/s1. The molecule has 0 aromatic heterocycles. The van der Waals surface area contributed by atoms with Gasteiger partial charge in [-0.3, -0.25) is 0 Å². The van der Waals surface area contributed by atoms with Crippen molar-refractivity contribution in [3.05, 3.63) is 0 Å². The van der Waals surface area contributed by atoms with E-state index in [9.17, 15) is 8.78 Å². The van der Waals surface area contributed by atoms with Crippen molar-refractivity contribution < 1.29 is 13.5 Å². The highest BCUT2D eigenvalue weighted by molar-refractivity contribution is 8.13. The Kier molecular flexibility index (Phi) is 2.58. The predicted octanol–water partition coefficient (Wildman–Crippen LogP) is 1.72. The van der Waals surface area contributed by atoms with Crippen molar-refractivity contribution in [2.24, 2.45) is 4.99 Å². The Morgan fingerprint density at radius 1 is 1.92 bits per heavy atom. The molecule has 2 atom stereocenters. The molecule has 1 aliphatic rings. The van der Waals surface area contributed by atoms with E-state index in [1.165, 1.54) is 0 Å². The molecule has 0 spiro atoms. The number of terminal acetylenes is 1. The minimum absolute atomic E-state index is 0.0227. The SMILES string of the molecule is C#CCSC1=N[C@@](C)(F)[C@H](F)O1. The quantitative estimate of drug-likeness (QED) is 0.465. The molecule has 2 nitrogen and oxygen atoms in total. The van der Waals surface area contributed by atoms with E-state index >= 15 is 0 Å². The number of hydrogen-bond acceptors (Lipinski definition) is 3. The number of thioether (sulfide) groups is 1. The highest BCUT2D eigenvalue weighted by Crippen LogP contribution is 2.31. The zero-order chi connectivity index (χ0) is 9.19. The lowest BCUT2D eigenvalue weighted by Gasteiger charge is -2.09. The van der Waals surface area contributed by atoms with Gasteiger partial charge in [0.15, 0.2) is 0 Å². The van der Waals surface area contributed by atoms with E-state index in [1.807, 2.05) is 0 Å². The minimum Gasteiger partial charge on any atom is -0.433 e. The number of hydrogen-bond donors (Lipinski definition) is 0. The van der Waals surface area contributed by atoms with E-state index in [2.05, 4.69) is 15.6 Å². The minimum atomic E-state index is -2.27. The van der Waals surface area contributed by atoms with E-state index < -0.39 is 12.2 Å². The first kappa shape index (κ1) is 9.33. The largest absolute Gasteiger partial charge is 0.433 e. The zero-order valence-corrected chi connectivity index (χ0v) is 7.20. The third-order valence-corrected chi connectivity index (χ3v) is 1.95. The Labute approximate surface area is 73.4 Å². The van der Waals surface area contributed by atoms with Gasteiger partial charge >= 0.3 is 0 Å². The number of halogens is 2. The number of rotatable bonds is 1. The highest BCUT2D eigenvalue weighted by Gasteiger charge is 2.43. The summed E-state index contributed by atoms with van der Waals surface area (Å²) in [5.41, 5.74) is 0. The lowest BCUT2D eigenvalue weighted by molar-refractivity contribution is -0.0397. The molecule has 66 valence electrons. The van der Waals surface area contributed by atoms with Crippen molar-refractivity contribution in [3.63, 3.8) is 0 Å². The van der Waals surface area contributed by atoms with Crippen LogP contribution in [0.4, 0.5) is 8.78 Å². The number of aliphatic imine (C=N–C) groups is 1. The second-order valence-electron chi connectivity index (χ2n) is 2.33. The first-order valence-electron chi connectivity index (χ1n) is 3.22. The predicted molar refractivity (Wildman–Crippen MR) is 44.2 cm³/mol. The van der Waals surface area contributed by atoms with E-state index in [1.54, 1.807) is 0 Å². The van der Waals surface area contributed by atoms with Gasteiger partial charge in [0.1, 0.15) is 0 Å². The molecule has 5 heteroatoms. The van der Waals surface area contributed by atoms with Gasteiger partial charge in [0.2, 0.25) is 0 Å². The average Bonchev–Trinajstić information content (AvgIpc) is 2.22. The van der Waals surface area contributed by atoms with Gasteiger partial charge < -0.3 is 4.74 Å². The van der Waals surface area contributed by atoms with Gasteiger partial charge in [-0.2, -0.15) is 9.38 Å². The molecule has 0 aliphatic carbocycles. The van der Waals surface area contributed by atoms with Crippen LogP contribution in [0.15, 0.2) is 4.99 Å². The van der Waals surface area contributed by atoms with Crippen LogP contribution >= 0.6 is 11.8 Å². The lowest BCUT2D eigenvalue weighted by Crippen LogP contribution is -2.25. The first-order valence-corrected chi connectivity index (χ1v) is 4.20. The third-order valence-electron chi connectivity index (χ3n) is 1.21. The summed E-state index contributed by atoms with van der Waals surface area (Å²) in [6, 6.07) is 0. The van der Waals surface area contributed by atoms with Gasteiger partial charge in [-0.25, -0.2) is 4.39 Å². The summed E-state index contributed by atoms with van der Waals surface area (Å²) in [7, 11) is 0. The summed E-state index contributed by atoms with van der Waals surface area (Å²) in [5, 5.41) is -0.0227. The molecule has 0 aromatic rings. The fourth-order valence-electron chi connectivity index (χ4n) is 0.621. The zero-order valence-electron chi connectivity index (χ0n) is 6.38. The van der Waals surface area contributed by atoms with Crippen LogP contribution in [0.2, 0.25) is 0 Å². The van der Waals surface area contributed by atoms with E-state index in [4.69, 9.17) is 6.42 Å². The van der Waals surface area contributed by atoms with Gasteiger partial charge in [0.05, 0.1) is 5.75 Å². The van der Waals surface area contributed by atoms with Crippen LogP contribution in [-0.4, -0.2) is 23.1 Å². The van der Waals surface area contributed by atoms with Crippen molar-refractivity contribution in [2.75, 3.05) is 5.75 Å². The van der Waals surface area contributed by atoms with Crippen molar-refractivity contribution in [2.45, 2.75) is 19.1 Å². The monoisotopic (exact) mass is 191 g/mol. The summed E-state index contributed by atoms with van der Waals surface area (Å²) in [6.07, 6.45) is 2.92. The Balaban J connectivity index is 2.55. The molecule has 0 radical (unpaired) electrons. The van der Waals surface area contributed by atoms with Crippen molar-refractivity contribution in [1.29, 1.82) is 0 Å². The van der Waals surface area contributed by atoms with Gasteiger partial charge in [-0.15, -0.1) is 6.42 Å². The molecule has 12 heavy (non-hydrogen) atoms. The van der Waals surface area contributed by atoms with Gasteiger partial charge in [-0.1, -0.05) is 17.7 Å². The van der Waals surface area contributed by atoms with E-state index in [0.29, 0.717) is 5.75 Å². The third kappa shape index (κ3) is 1.89. The molecular formula is C7H7F2NOS. The van der Waals surface area contributed by atoms with Crippen LogP contribution in [0.25, 0.3) is 0 Å². The summed E-state index contributed by atoms with van der Waals surface area (Å²) >= 11 is 1.00. The van der Waals surface area contributed by atoms with Crippen LogP contribution in [0, 0.1) is 12.3 Å². The smallest absolute Gasteiger partial charge is 0.294 e. The Morgan fingerprint density at radius 2 is 2.58 bits per heavy atom. The molecule has 0 aromatic carbocycles. The fourth-order valence-corrected chi connectivity index (χ4v) is 1.22. The molecule has 0 fully saturated rings. The first-order chi connectivity index (χ1) is 5.56. The van der Waals surface area contributed by atoms with Gasteiger partial charge in [0.25, 0.3) is 17.4 Å². The molecule has 0 bridgehead atoms. The topological polar surface area (TPSA) is 21.6 Å². The summed E-state index contributed by atoms with van der Waals surface area (Å²) in [5.74, 6) is 0.320. The maximum absolute atomic E-state index is 12.9. The van der Waals surface area contributed by atoms with E-state index in [-0.39, 0.29) is 5.23 Å². The molecule has 1 rings (SSSR count). The maximum Gasteiger partial charge on any atom is 0.294 e. The Morgan fingerprint density at radius 3 is 3.00 bits per heavy atom. The number of ether oxygens (including phenoxy) is 1. The van der Waals surface area contributed by atoms with Crippen molar-refractivity contribution >= 4 is 17.0 Å². The van der Waals surface area contributed by atoms with E-state index in [0.717, 1.165) is 18.7 Å². The molecule has 1 heterocycles. The second kappa shape index (κ2) is 3.31. The fraction of sp³-hybridized carbons (Fsp3) is 0.571. The summed E-state index contributed by atoms with van der Waals surface area (Å²) in [6.45, 7) is 1.01. The molecule has 0 N–H and O–H groups in total. The van der Waals surface area contributed by atoms with Crippen LogP contribution in [0.1, 0.15) is 6.92 Å². The molecule has 0 saturated carbocycles. The van der Waals surface area contributed by atoms with Crippen LogP contribution in [0.3, 0.4) is 0 Å². The number of alkyl halides is 2. The second-order valence-corrected chi connectivity index (χ2v) is 3.25. The molecular weight excluding hydrogens is 184 g/mol. The molecule has 1 aliphatic heterocycles. The van der Waals surface area contributed by atoms with Crippen LogP contribution in [-0.2, 0) is 4.74 Å². The molecule has 0 saturated heterocycles. The number of nitrogens with zero attached hydrogens (tertiary/aromatic N) is 1. The normalized spacial score (nSPS) is 33.8. The van der Waals surface area contributed by atoms with Crippen LogP contribution < -0.4 is 0 Å². The Bertz CT molecular complexity index is 246.